The van der Waals surface area contributed by atoms with E-state index in [1.165, 1.54) is 0 Å². The standard InChI is InChI=1S/C16H21N9O/c1-18-2-3-25-10-21-13-12(11-8-19-15(17)20-9-11)22-16(23-14(13)25)24-4-6-26-7-5-24/h8-10,18H,2-7H2,1H3,(H2,17,19,20). The van der Waals surface area contributed by atoms with Gasteiger partial charge >= 0.3 is 0 Å². The van der Waals surface area contributed by atoms with Crippen molar-refractivity contribution in [2.24, 2.45) is 0 Å². The van der Waals surface area contributed by atoms with Gasteiger partial charge < -0.3 is 25.3 Å². The van der Waals surface area contributed by atoms with Crippen molar-refractivity contribution < 1.29 is 4.74 Å². The van der Waals surface area contributed by atoms with Gasteiger partial charge in [0.05, 0.1) is 19.5 Å². The number of fused-ring (bicyclic) bond motifs is 1. The Morgan fingerprint density at radius 2 is 1.92 bits per heavy atom. The summed E-state index contributed by atoms with van der Waals surface area (Å²) in [5.41, 5.74) is 8.61. The predicted octanol–water partition coefficient (Wildman–Crippen LogP) is -0.0785. The molecule has 0 aliphatic carbocycles. The van der Waals surface area contributed by atoms with E-state index < -0.39 is 0 Å². The van der Waals surface area contributed by atoms with E-state index in [0.29, 0.717) is 24.9 Å². The fourth-order valence-corrected chi connectivity index (χ4v) is 2.90. The highest BCUT2D eigenvalue weighted by Gasteiger charge is 2.20. The van der Waals surface area contributed by atoms with Gasteiger partial charge in [-0.2, -0.15) is 4.98 Å². The van der Waals surface area contributed by atoms with E-state index in [1.54, 1.807) is 18.7 Å². The normalized spacial score (nSPS) is 14.9. The monoisotopic (exact) mass is 355 g/mol. The number of rotatable bonds is 5. The molecule has 0 atom stereocenters. The molecule has 4 heterocycles. The number of nitrogens with one attached hydrogen (secondary N) is 1. The maximum Gasteiger partial charge on any atom is 0.228 e. The number of ether oxygens (including phenoxy) is 1. The number of nitrogen functional groups attached to an aromatic ring is 1. The van der Waals surface area contributed by atoms with Gasteiger partial charge in [0.15, 0.2) is 5.65 Å². The Morgan fingerprint density at radius 3 is 2.65 bits per heavy atom. The molecule has 3 aromatic rings. The minimum Gasteiger partial charge on any atom is -0.378 e. The molecule has 0 amide bonds. The number of nitrogens with two attached hydrogens (primary N) is 1. The Kier molecular flexibility index (Phi) is 4.59. The van der Waals surface area contributed by atoms with Crippen molar-refractivity contribution in [1.82, 2.24) is 34.8 Å². The Labute approximate surface area is 150 Å². The summed E-state index contributed by atoms with van der Waals surface area (Å²) in [6.45, 7) is 4.44. The molecule has 4 rings (SSSR count). The van der Waals surface area contributed by atoms with Gasteiger partial charge in [0.2, 0.25) is 11.9 Å². The maximum atomic E-state index is 5.62. The van der Waals surface area contributed by atoms with Crippen molar-refractivity contribution in [2.75, 3.05) is 50.5 Å². The van der Waals surface area contributed by atoms with Crippen LogP contribution in [0.15, 0.2) is 18.7 Å². The second kappa shape index (κ2) is 7.18. The van der Waals surface area contributed by atoms with Crippen LogP contribution in [-0.2, 0) is 11.3 Å². The second-order valence-corrected chi connectivity index (χ2v) is 6.02. The zero-order chi connectivity index (χ0) is 17.9. The van der Waals surface area contributed by atoms with E-state index in [0.717, 1.165) is 42.9 Å². The predicted molar refractivity (Wildman–Crippen MR) is 97.7 cm³/mol. The molecule has 0 aromatic carbocycles. The summed E-state index contributed by atoms with van der Waals surface area (Å²) in [5, 5.41) is 3.15. The number of hydrogen-bond donors (Lipinski definition) is 2. The van der Waals surface area contributed by atoms with E-state index in [4.69, 9.17) is 20.4 Å². The Hall–Kier alpha value is -2.85. The molecule has 26 heavy (non-hydrogen) atoms. The molecule has 3 aromatic heterocycles. The van der Waals surface area contributed by atoms with E-state index in [9.17, 15) is 0 Å². The topological polar surface area (TPSA) is 120 Å². The highest BCUT2D eigenvalue weighted by Crippen LogP contribution is 2.27. The van der Waals surface area contributed by atoms with Gasteiger partial charge in [-0.3, -0.25) is 0 Å². The summed E-state index contributed by atoms with van der Waals surface area (Å²) < 4.78 is 7.47. The highest BCUT2D eigenvalue weighted by atomic mass is 16.5. The number of morpholine rings is 1. The quantitative estimate of drug-likeness (QED) is 0.647. The van der Waals surface area contributed by atoms with E-state index in [2.05, 4.69) is 25.2 Å². The van der Waals surface area contributed by atoms with Crippen LogP contribution < -0.4 is 16.0 Å². The van der Waals surface area contributed by atoms with Crippen LogP contribution in [0, 0.1) is 0 Å². The van der Waals surface area contributed by atoms with Crippen molar-refractivity contribution in [1.29, 1.82) is 0 Å². The molecule has 0 unspecified atom stereocenters. The summed E-state index contributed by atoms with van der Waals surface area (Å²) in [5.74, 6) is 0.894. The Bertz CT molecular complexity index is 887. The molecule has 1 aliphatic heterocycles. The maximum absolute atomic E-state index is 5.62. The lowest BCUT2D eigenvalue weighted by Crippen LogP contribution is -2.37. The highest BCUT2D eigenvalue weighted by molar-refractivity contribution is 5.88. The van der Waals surface area contributed by atoms with Crippen molar-refractivity contribution in [2.45, 2.75) is 6.54 Å². The summed E-state index contributed by atoms with van der Waals surface area (Å²) in [7, 11) is 1.92. The first-order chi connectivity index (χ1) is 12.8. The molecule has 0 saturated carbocycles. The first-order valence-corrected chi connectivity index (χ1v) is 8.54. The van der Waals surface area contributed by atoms with E-state index in [1.807, 2.05) is 11.6 Å². The van der Waals surface area contributed by atoms with Crippen LogP contribution in [0.2, 0.25) is 0 Å². The number of anilines is 2. The van der Waals surface area contributed by atoms with Crippen molar-refractivity contribution in [3.8, 4) is 11.3 Å². The zero-order valence-corrected chi connectivity index (χ0v) is 14.6. The van der Waals surface area contributed by atoms with Crippen molar-refractivity contribution in [3.63, 3.8) is 0 Å². The Morgan fingerprint density at radius 1 is 1.15 bits per heavy atom. The lowest BCUT2D eigenvalue weighted by atomic mass is 10.2. The summed E-state index contributed by atoms with van der Waals surface area (Å²) >= 11 is 0. The SMILES string of the molecule is CNCCn1cnc2c(-c3cnc(N)nc3)nc(N3CCOCC3)nc21. The lowest BCUT2D eigenvalue weighted by molar-refractivity contribution is 0.122. The summed E-state index contributed by atoms with van der Waals surface area (Å²) in [6.07, 6.45) is 5.13. The second-order valence-electron chi connectivity index (χ2n) is 6.02. The van der Waals surface area contributed by atoms with Gasteiger partial charge in [-0.15, -0.1) is 0 Å². The number of aromatic nitrogens is 6. The van der Waals surface area contributed by atoms with E-state index >= 15 is 0 Å². The molecular weight excluding hydrogens is 334 g/mol. The fraction of sp³-hybridized carbons (Fsp3) is 0.438. The average Bonchev–Trinajstić information content (AvgIpc) is 3.10. The number of hydrogen-bond acceptors (Lipinski definition) is 9. The minimum atomic E-state index is 0.229. The molecular formula is C16H21N9O. The first-order valence-electron chi connectivity index (χ1n) is 8.54. The largest absolute Gasteiger partial charge is 0.378 e. The number of likely N-dealkylation sites (N-methyl/N-ethyl adjacent to an activating group) is 1. The molecule has 0 spiro atoms. The van der Waals surface area contributed by atoms with Gasteiger partial charge in [0, 0.05) is 44.1 Å². The van der Waals surface area contributed by atoms with Gasteiger partial charge in [-0.25, -0.2) is 19.9 Å². The minimum absolute atomic E-state index is 0.229. The smallest absolute Gasteiger partial charge is 0.228 e. The van der Waals surface area contributed by atoms with Crippen LogP contribution in [0.5, 0.6) is 0 Å². The third-order valence-electron chi connectivity index (χ3n) is 4.29. The van der Waals surface area contributed by atoms with Crippen LogP contribution in [0.25, 0.3) is 22.4 Å². The molecule has 10 heteroatoms. The molecule has 136 valence electrons. The third kappa shape index (κ3) is 3.16. The Balaban J connectivity index is 1.84. The van der Waals surface area contributed by atoms with Gasteiger partial charge in [0.1, 0.15) is 11.2 Å². The first kappa shape index (κ1) is 16.6. The molecule has 1 aliphatic rings. The third-order valence-corrected chi connectivity index (χ3v) is 4.29. The van der Waals surface area contributed by atoms with Crippen LogP contribution in [-0.4, -0.2) is 69.4 Å². The molecule has 10 nitrogen and oxygen atoms in total. The van der Waals surface area contributed by atoms with Crippen molar-refractivity contribution >= 4 is 23.1 Å². The van der Waals surface area contributed by atoms with E-state index in [-0.39, 0.29) is 5.95 Å². The lowest BCUT2D eigenvalue weighted by Gasteiger charge is -2.27. The molecule has 0 bridgehead atoms. The number of nitrogens with zero attached hydrogens (tertiary/aromatic N) is 7. The molecule has 3 N–H and O–H groups in total. The summed E-state index contributed by atoms with van der Waals surface area (Å²) in [6, 6.07) is 0. The van der Waals surface area contributed by atoms with Gasteiger partial charge in [-0.1, -0.05) is 0 Å². The van der Waals surface area contributed by atoms with Crippen molar-refractivity contribution in [3.05, 3.63) is 18.7 Å². The molecule has 1 saturated heterocycles. The zero-order valence-electron chi connectivity index (χ0n) is 14.6. The number of imidazole rings is 1. The van der Waals surface area contributed by atoms with Crippen LogP contribution in [0.1, 0.15) is 0 Å². The fourth-order valence-electron chi connectivity index (χ4n) is 2.90. The average molecular weight is 355 g/mol. The molecule has 1 fully saturated rings. The summed E-state index contributed by atoms with van der Waals surface area (Å²) in [4.78, 5) is 24.4. The van der Waals surface area contributed by atoms with Gasteiger partial charge in [-0.05, 0) is 7.05 Å². The van der Waals surface area contributed by atoms with Crippen LogP contribution in [0.3, 0.4) is 0 Å². The van der Waals surface area contributed by atoms with Crippen LogP contribution >= 0.6 is 0 Å². The van der Waals surface area contributed by atoms with Crippen LogP contribution in [0.4, 0.5) is 11.9 Å². The van der Waals surface area contributed by atoms with Gasteiger partial charge in [0.25, 0.3) is 0 Å². The molecule has 0 radical (unpaired) electrons.